The highest BCUT2D eigenvalue weighted by atomic mass is 32.2. The number of nitrogens with one attached hydrogen (secondary N) is 1. The van der Waals surface area contributed by atoms with Gasteiger partial charge in [-0.2, -0.15) is 0 Å². The van der Waals surface area contributed by atoms with Crippen LogP contribution in [0.25, 0.3) is 21.0 Å². The average Bonchev–Trinajstić information content (AvgIpc) is 3.08. The minimum atomic E-state index is -3.73. The summed E-state index contributed by atoms with van der Waals surface area (Å²) >= 11 is 1.41. The van der Waals surface area contributed by atoms with Crippen LogP contribution in [0.4, 0.5) is 10.8 Å². The molecule has 0 fully saturated rings. The molecule has 4 rings (SSSR count). The molecule has 0 aliphatic heterocycles. The van der Waals surface area contributed by atoms with Gasteiger partial charge in [-0.3, -0.25) is 4.72 Å². The first-order valence-corrected chi connectivity index (χ1v) is 10.8. The van der Waals surface area contributed by atoms with Gasteiger partial charge in [0.05, 0.1) is 27.1 Å². The maximum Gasteiger partial charge on any atom is 0.262 e. The van der Waals surface area contributed by atoms with Gasteiger partial charge >= 0.3 is 0 Å². The molecule has 0 aliphatic carbocycles. The van der Waals surface area contributed by atoms with Crippen LogP contribution in [0.15, 0.2) is 70.6 Å². The number of rotatable bonds is 5. The fourth-order valence-corrected chi connectivity index (χ4v) is 4.96. The molecular weight excluding hydrogens is 392 g/mol. The summed E-state index contributed by atoms with van der Waals surface area (Å²) in [6.45, 7) is 0. The van der Waals surface area contributed by atoms with Gasteiger partial charge in [-0.05, 0) is 29.7 Å². The Balaban J connectivity index is 1.68. The topological polar surface area (TPSA) is 74.7 Å². The quantitative estimate of drug-likeness (QED) is 0.389. The summed E-state index contributed by atoms with van der Waals surface area (Å²) in [6, 6.07) is 18.0. The Kier molecular flexibility index (Phi) is 4.74. The summed E-state index contributed by atoms with van der Waals surface area (Å²) in [5, 5.41) is 2.20. The Labute approximate surface area is 167 Å². The van der Waals surface area contributed by atoms with Crippen molar-refractivity contribution in [2.45, 2.75) is 4.90 Å². The van der Waals surface area contributed by atoms with Crippen LogP contribution in [0.1, 0.15) is 0 Å². The highest BCUT2D eigenvalue weighted by molar-refractivity contribution is 7.93. The van der Waals surface area contributed by atoms with E-state index in [2.05, 4.69) is 14.7 Å². The number of anilines is 1. The van der Waals surface area contributed by atoms with Crippen molar-refractivity contribution >= 4 is 59.5 Å². The van der Waals surface area contributed by atoms with E-state index in [4.69, 9.17) is 0 Å². The molecule has 8 heteroatoms. The van der Waals surface area contributed by atoms with E-state index in [9.17, 15) is 8.42 Å². The molecule has 1 aromatic heterocycles. The van der Waals surface area contributed by atoms with Gasteiger partial charge in [0, 0.05) is 19.5 Å². The largest absolute Gasteiger partial charge is 0.369 e. The highest BCUT2D eigenvalue weighted by Gasteiger charge is 2.17. The first-order valence-electron chi connectivity index (χ1n) is 8.54. The number of aliphatic imine (C=N–C) groups is 1. The zero-order chi connectivity index (χ0) is 19.7. The van der Waals surface area contributed by atoms with Crippen LogP contribution < -0.4 is 4.72 Å². The molecule has 0 radical (unpaired) electrons. The summed E-state index contributed by atoms with van der Waals surface area (Å²) in [5.41, 5.74) is 1.27. The lowest BCUT2D eigenvalue weighted by Gasteiger charge is -2.10. The van der Waals surface area contributed by atoms with Gasteiger partial charge in [0.1, 0.15) is 0 Å². The molecule has 0 unspecified atom stereocenters. The van der Waals surface area contributed by atoms with E-state index in [0.29, 0.717) is 16.2 Å². The zero-order valence-corrected chi connectivity index (χ0v) is 17.0. The van der Waals surface area contributed by atoms with E-state index < -0.39 is 10.0 Å². The molecule has 0 saturated carbocycles. The van der Waals surface area contributed by atoms with Crippen molar-refractivity contribution in [3.05, 3.63) is 60.7 Å². The van der Waals surface area contributed by atoms with Crippen molar-refractivity contribution in [1.29, 1.82) is 0 Å². The van der Waals surface area contributed by atoms with Crippen LogP contribution in [0.5, 0.6) is 0 Å². The first-order chi connectivity index (χ1) is 13.4. The van der Waals surface area contributed by atoms with Gasteiger partial charge in [-0.1, -0.05) is 47.7 Å². The second-order valence-corrected chi connectivity index (χ2v) is 9.13. The van der Waals surface area contributed by atoms with E-state index in [1.165, 1.54) is 11.3 Å². The van der Waals surface area contributed by atoms with E-state index in [-0.39, 0.29) is 4.90 Å². The van der Waals surface area contributed by atoms with Crippen LogP contribution in [-0.4, -0.2) is 38.7 Å². The summed E-state index contributed by atoms with van der Waals surface area (Å²) in [4.78, 5) is 10.8. The van der Waals surface area contributed by atoms with Gasteiger partial charge in [0.15, 0.2) is 0 Å². The third-order valence-corrected chi connectivity index (χ3v) is 6.43. The van der Waals surface area contributed by atoms with Crippen molar-refractivity contribution in [1.82, 2.24) is 9.88 Å². The Morgan fingerprint density at radius 2 is 1.86 bits per heavy atom. The Morgan fingerprint density at radius 1 is 1.07 bits per heavy atom. The number of benzene rings is 3. The smallest absolute Gasteiger partial charge is 0.262 e. The van der Waals surface area contributed by atoms with Gasteiger partial charge in [-0.15, -0.1) is 0 Å². The number of hydrogen-bond donors (Lipinski definition) is 1. The lowest BCUT2D eigenvalue weighted by atomic mass is 10.1. The summed E-state index contributed by atoms with van der Waals surface area (Å²) in [5.74, 6) is 0. The van der Waals surface area contributed by atoms with Crippen molar-refractivity contribution in [3.63, 3.8) is 0 Å². The van der Waals surface area contributed by atoms with Crippen LogP contribution in [-0.2, 0) is 10.0 Å². The van der Waals surface area contributed by atoms with Crippen molar-refractivity contribution < 1.29 is 8.42 Å². The minimum absolute atomic E-state index is 0.256. The first kappa shape index (κ1) is 18.4. The monoisotopic (exact) mass is 410 g/mol. The third kappa shape index (κ3) is 3.69. The molecule has 142 valence electrons. The predicted octanol–water partition coefficient (Wildman–Crippen LogP) is 4.47. The lowest BCUT2D eigenvalue weighted by molar-refractivity contribution is 0.602. The fourth-order valence-electron chi connectivity index (χ4n) is 2.84. The van der Waals surface area contributed by atoms with Crippen molar-refractivity contribution in [2.75, 3.05) is 18.8 Å². The predicted molar refractivity (Wildman–Crippen MR) is 116 cm³/mol. The molecule has 0 atom stereocenters. The molecule has 0 saturated heterocycles. The molecule has 0 amide bonds. The summed E-state index contributed by atoms with van der Waals surface area (Å²) in [7, 11) is 0.0465. The molecule has 3 aromatic carbocycles. The number of nitrogens with zero attached hydrogens (tertiary/aromatic N) is 3. The van der Waals surface area contributed by atoms with Gasteiger partial charge in [-0.25, -0.2) is 18.4 Å². The average molecular weight is 411 g/mol. The van der Waals surface area contributed by atoms with Gasteiger partial charge in [0.2, 0.25) is 5.13 Å². The number of aromatic nitrogens is 1. The molecular formula is C20H18N4O2S2. The molecule has 1 N–H and O–H groups in total. The van der Waals surface area contributed by atoms with Crippen molar-refractivity contribution in [2.24, 2.45) is 4.99 Å². The highest BCUT2D eigenvalue weighted by Crippen LogP contribution is 2.31. The molecule has 0 bridgehead atoms. The van der Waals surface area contributed by atoms with E-state index in [1.54, 1.807) is 36.7 Å². The summed E-state index contributed by atoms with van der Waals surface area (Å²) < 4.78 is 29.5. The minimum Gasteiger partial charge on any atom is -0.369 e. The van der Waals surface area contributed by atoms with Crippen molar-refractivity contribution in [3.8, 4) is 0 Å². The number of hydrogen-bond acceptors (Lipinski definition) is 5. The lowest BCUT2D eigenvalue weighted by Crippen LogP contribution is -2.13. The number of thiazole rings is 1. The van der Waals surface area contributed by atoms with E-state index in [1.807, 2.05) is 49.3 Å². The molecule has 0 spiro atoms. The second-order valence-electron chi connectivity index (χ2n) is 6.47. The maximum absolute atomic E-state index is 13.0. The third-order valence-electron chi connectivity index (χ3n) is 4.07. The molecule has 28 heavy (non-hydrogen) atoms. The van der Waals surface area contributed by atoms with Crippen LogP contribution in [0.3, 0.4) is 0 Å². The molecule has 0 aliphatic rings. The SMILES string of the molecule is CN(C)C=Nc1nc2ccc(NS(=O)(=O)c3cccc4ccccc34)cc2s1. The number of sulfonamides is 1. The van der Waals surface area contributed by atoms with Crippen LogP contribution in [0, 0.1) is 0 Å². The normalized spacial score (nSPS) is 12.1. The van der Waals surface area contributed by atoms with Gasteiger partial charge < -0.3 is 4.90 Å². The molecule has 4 aromatic rings. The number of fused-ring (bicyclic) bond motifs is 2. The fraction of sp³-hybridized carbons (Fsp3) is 0.100. The Morgan fingerprint density at radius 3 is 2.68 bits per heavy atom. The summed E-state index contributed by atoms with van der Waals surface area (Å²) in [6.07, 6.45) is 1.68. The second kappa shape index (κ2) is 7.21. The molecule has 6 nitrogen and oxygen atoms in total. The Bertz CT molecular complexity index is 1290. The Hall–Kier alpha value is -2.97. The van der Waals surface area contributed by atoms with E-state index >= 15 is 0 Å². The maximum atomic E-state index is 13.0. The van der Waals surface area contributed by atoms with Crippen LogP contribution >= 0.6 is 11.3 Å². The zero-order valence-electron chi connectivity index (χ0n) is 15.3. The standard InChI is InChI=1S/C20H18N4O2S2/c1-24(2)13-21-20-22-17-11-10-15(12-18(17)27-20)23-28(25,26)19-9-5-7-14-6-3-4-8-16(14)19/h3-13,23H,1-2H3. The molecule has 1 heterocycles. The van der Waals surface area contributed by atoms with Crippen LogP contribution in [0.2, 0.25) is 0 Å². The van der Waals surface area contributed by atoms with Gasteiger partial charge in [0.25, 0.3) is 10.0 Å². The van der Waals surface area contributed by atoms with E-state index in [0.717, 1.165) is 15.6 Å².